The Morgan fingerprint density at radius 2 is 2.00 bits per heavy atom. The quantitative estimate of drug-likeness (QED) is 0.899. The Balaban J connectivity index is 1.52. The van der Waals surface area contributed by atoms with E-state index in [9.17, 15) is 4.79 Å². The fraction of sp³-hybridized carbons (Fsp3) is 0.500. The number of aliphatic imine (C=N–C) groups is 1. The van der Waals surface area contributed by atoms with Crippen LogP contribution in [-0.2, 0) is 10.3 Å². The second-order valence-corrected chi connectivity index (χ2v) is 8.49. The molecule has 1 aromatic heterocycles. The lowest BCUT2D eigenvalue weighted by Gasteiger charge is -2.36. The average molecular weight is 371 g/mol. The zero-order valence-corrected chi connectivity index (χ0v) is 16.1. The van der Waals surface area contributed by atoms with Gasteiger partial charge < -0.3 is 10.6 Å². The van der Waals surface area contributed by atoms with Crippen molar-refractivity contribution in [2.24, 2.45) is 10.7 Å². The van der Waals surface area contributed by atoms with Gasteiger partial charge in [-0.25, -0.2) is 4.99 Å². The van der Waals surface area contributed by atoms with E-state index < -0.39 is 5.54 Å². The Kier molecular flexibility index (Phi) is 4.71. The zero-order chi connectivity index (χ0) is 18.1. The van der Waals surface area contributed by atoms with Crippen LogP contribution in [0, 0.1) is 0 Å². The van der Waals surface area contributed by atoms with Crippen LogP contribution in [-0.4, -0.2) is 47.8 Å². The molecule has 1 fully saturated rings. The molecule has 4 rings (SSSR count). The number of carbonyl (C=O) groups is 1. The smallest absolute Gasteiger partial charge is 0.232 e. The van der Waals surface area contributed by atoms with Gasteiger partial charge in [-0.05, 0) is 67.4 Å². The van der Waals surface area contributed by atoms with Crippen LogP contribution in [0.2, 0.25) is 0 Å². The van der Waals surface area contributed by atoms with Crippen LogP contribution < -0.4 is 5.73 Å². The summed E-state index contributed by atoms with van der Waals surface area (Å²) in [7, 11) is 0. The van der Waals surface area contributed by atoms with Crippen molar-refractivity contribution in [2.75, 3.05) is 26.2 Å². The monoisotopic (exact) mass is 370 g/mol. The van der Waals surface area contributed by atoms with Gasteiger partial charge in [0.15, 0.2) is 5.96 Å². The van der Waals surface area contributed by atoms with E-state index in [1.54, 1.807) is 16.2 Å². The lowest BCUT2D eigenvalue weighted by molar-refractivity contribution is -0.129. The second-order valence-electron chi connectivity index (χ2n) is 7.54. The topological polar surface area (TPSA) is 61.9 Å². The maximum Gasteiger partial charge on any atom is 0.232 e. The van der Waals surface area contributed by atoms with Gasteiger partial charge in [0, 0.05) is 17.8 Å². The van der Waals surface area contributed by atoms with Crippen molar-refractivity contribution in [3.8, 4) is 0 Å². The summed E-state index contributed by atoms with van der Waals surface area (Å²) in [5, 5.41) is 3.28. The van der Waals surface area contributed by atoms with Crippen LogP contribution in [0.4, 0.5) is 0 Å². The molecule has 1 amide bonds. The van der Waals surface area contributed by atoms with Gasteiger partial charge in [0.2, 0.25) is 5.91 Å². The summed E-state index contributed by atoms with van der Waals surface area (Å²) in [5.41, 5.74) is 6.70. The van der Waals surface area contributed by atoms with E-state index in [1.165, 1.54) is 29.3 Å². The number of rotatable bonds is 4. The molecule has 2 aromatic rings. The number of piperidine rings is 1. The summed E-state index contributed by atoms with van der Waals surface area (Å²) in [5.74, 6) is 0.425. The van der Waals surface area contributed by atoms with Gasteiger partial charge in [-0.1, -0.05) is 12.5 Å². The van der Waals surface area contributed by atoms with E-state index in [4.69, 9.17) is 10.7 Å². The molecule has 26 heavy (non-hydrogen) atoms. The van der Waals surface area contributed by atoms with Crippen molar-refractivity contribution in [2.45, 2.75) is 38.1 Å². The first-order chi connectivity index (χ1) is 12.5. The fourth-order valence-corrected chi connectivity index (χ4v) is 4.77. The number of thiophene rings is 1. The minimum absolute atomic E-state index is 0.0717. The molecular formula is C20H26N4OS. The van der Waals surface area contributed by atoms with Crippen LogP contribution in [0.5, 0.6) is 0 Å². The number of guanidine groups is 1. The summed E-state index contributed by atoms with van der Waals surface area (Å²) in [6.45, 7) is 5.76. The van der Waals surface area contributed by atoms with Crippen molar-refractivity contribution in [1.82, 2.24) is 9.80 Å². The van der Waals surface area contributed by atoms with E-state index in [2.05, 4.69) is 34.5 Å². The summed E-state index contributed by atoms with van der Waals surface area (Å²) in [6, 6.07) is 8.43. The van der Waals surface area contributed by atoms with Crippen molar-refractivity contribution in [3.63, 3.8) is 0 Å². The Hall–Kier alpha value is -1.92. The number of nitrogens with two attached hydrogens (primary N) is 1. The number of nitrogens with zero attached hydrogens (tertiary/aromatic N) is 3. The van der Waals surface area contributed by atoms with Crippen molar-refractivity contribution < 1.29 is 4.79 Å². The molecule has 1 saturated heterocycles. The predicted molar refractivity (Wildman–Crippen MR) is 107 cm³/mol. The first-order valence-corrected chi connectivity index (χ1v) is 10.3. The van der Waals surface area contributed by atoms with E-state index in [1.807, 2.05) is 6.92 Å². The number of likely N-dealkylation sites (tertiary alicyclic amines) is 1. The Morgan fingerprint density at radius 1 is 1.19 bits per heavy atom. The lowest BCUT2D eigenvalue weighted by Crippen LogP contribution is -2.52. The Morgan fingerprint density at radius 3 is 2.77 bits per heavy atom. The molecule has 6 heteroatoms. The third-order valence-electron chi connectivity index (χ3n) is 5.60. The number of hydrogen-bond acceptors (Lipinski definition) is 5. The molecule has 5 nitrogen and oxygen atoms in total. The van der Waals surface area contributed by atoms with Crippen molar-refractivity contribution >= 4 is 33.3 Å². The Labute approximate surface area is 158 Å². The highest BCUT2D eigenvalue weighted by Gasteiger charge is 2.37. The van der Waals surface area contributed by atoms with Gasteiger partial charge in [0.05, 0.1) is 12.0 Å². The molecule has 3 heterocycles. The molecule has 2 N–H and O–H groups in total. The number of amides is 1. The minimum Gasteiger partial charge on any atom is -0.369 e. The van der Waals surface area contributed by atoms with E-state index in [-0.39, 0.29) is 5.91 Å². The number of fused-ring (bicyclic) bond motifs is 1. The third kappa shape index (κ3) is 3.35. The largest absolute Gasteiger partial charge is 0.369 e. The normalized spacial score (nSPS) is 24.9. The van der Waals surface area contributed by atoms with Crippen LogP contribution in [0.1, 0.15) is 38.2 Å². The van der Waals surface area contributed by atoms with E-state index in [0.29, 0.717) is 18.9 Å². The third-order valence-corrected chi connectivity index (χ3v) is 6.50. The molecule has 0 bridgehead atoms. The second kappa shape index (κ2) is 7.00. The SMILES string of the molecule is CC1(c2ccc3sccc3c2)CC(=O)N(CCN2CCCCC2)C(N)=N1. The minimum atomic E-state index is -0.584. The average Bonchev–Trinajstić information content (AvgIpc) is 3.09. The maximum atomic E-state index is 12.8. The van der Waals surface area contributed by atoms with Crippen LogP contribution in [0.15, 0.2) is 34.6 Å². The fourth-order valence-electron chi connectivity index (χ4n) is 4.00. The van der Waals surface area contributed by atoms with Crippen LogP contribution >= 0.6 is 11.3 Å². The number of benzene rings is 1. The van der Waals surface area contributed by atoms with Gasteiger partial charge in [0.25, 0.3) is 0 Å². The number of hydrogen-bond donors (Lipinski definition) is 1. The molecule has 0 saturated carbocycles. The molecule has 0 spiro atoms. The highest BCUT2D eigenvalue weighted by atomic mass is 32.1. The van der Waals surface area contributed by atoms with Crippen molar-refractivity contribution in [3.05, 3.63) is 35.2 Å². The molecule has 138 valence electrons. The van der Waals surface area contributed by atoms with E-state index in [0.717, 1.165) is 25.2 Å². The summed E-state index contributed by atoms with van der Waals surface area (Å²) in [4.78, 5) is 21.7. The van der Waals surface area contributed by atoms with Gasteiger partial charge >= 0.3 is 0 Å². The molecule has 2 aliphatic rings. The molecule has 2 aliphatic heterocycles. The standard InChI is InChI=1S/C20H26N4OS/c1-20(16-5-6-17-15(13-16)7-12-26-17)14-18(25)24(19(21)22-20)11-10-23-8-3-2-4-9-23/h5-7,12-13H,2-4,8-11,14H2,1H3,(H2,21,22). The van der Waals surface area contributed by atoms with Gasteiger partial charge in [0.1, 0.15) is 0 Å². The summed E-state index contributed by atoms with van der Waals surface area (Å²) in [6.07, 6.45) is 4.18. The van der Waals surface area contributed by atoms with Gasteiger partial charge in [-0.2, -0.15) is 0 Å². The molecule has 1 aromatic carbocycles. The van der Waals surface area contributed by atoms with Crippen LogP contribution in [0.25, 0.3) is 10.1 Å². The zero-order valence-electron chi connectivity index (χ0n) is 15.3. The first kappa shape index (κ1) is 17.5. The molecule has 1 atom stereocenters. The predicted octanol–water partition coefficient (Wildman–Crippen LogP) is 3.15. The molecular weight excluding hydrogens is 344 g/mol. The number of carbonyl (C=O) groups excluding carboxylic acids is 1. The van der Waals surface area contributed by atoms with Crippen LogP contribution in [0.3, 0.4) is 0 Å². The Bertz CT molecular complexity index is 839. The maximum absolute atomic E-state index is 12.8. The highest BCUT2D eigenvalue weighted by molar-refractivity contribution is 7.17. The summed E-state index contributed by atoms with van der Waals surface area (Å²) < 4.78 is 1.25. The lowest BCUT2D eigenvalue weighted by atomic mass is 9.87. The van der Waals surface area contributed by atoms with Gasteiger partial charge in [-0.3, -0.25) is 9.69 Å². The van der Waals surface area contributed by atoms with Gasteiger partial charge in [-0.15, -0.1) is 11.3 Å². The first-order valence-electron chi connectivity index (χ1n) is 9.41. The summed E-state index contributed by atoms with van der Waals surface area (Å²) >= 11 is 1.72. The molecule has 1 unspecified atom stereocenters. The van der Waals surface area contributed by atoms with Crippen molar-refractivity contribution in [1.29, 1.82) is 0 Å². The highest BCUT2D eigenvalue weighted by Crippen LogP contribution is 2.35. The molecule has 0 aliphatic carbocycles. The molecule has 0 radical (unpaired) electrons. The van der Waals surface area contributed by atoms with E-state index >= 15 is 0 Å².